The van der Waals surface area contributed by atoms with Gasteiger partial charge in [-0.3, -0.25) is 10.1 Å². The summed E-state index contributed by atoms with van der Waals surface area (Å²) in [5.74, 6) is 2.33. The minimum absolute atomic E-state index is 0.285. The standard InChI is InChI=1S/C8H5NO3/c1-2-3-4-7-5-6-8(12-7)9(10)11/h1,3-6H/b4-3-. The molecule has 0 radical (unpaired) electrons. The highest BCUT2D eigenvalue weighted by Gasteiger charge is 2.09. The number of nitro groups is 1. The van der Waals surface area contributed by atoms with Crippen molar-refractivity contribution in [2.24, 2.45) is 0 Å². The van der Waals surface area contributed by atoms with Crippen molar-refractivity contribution in [1.82, 2.24) is 0 Å². The van der Waals surface area contributed by atoms with Crippen LogP contribution in [0.3, 0.4) is 0 Å². The molecule has 4 heteroatoms. The summed E-state index contributed by atoms with van der Waals surface area (Å²) < 4.78 is 4.77. The normalized spacial score (nSPS) is 9.92. The van der Waals surface area contributed by atoms with Crippen molar-refractivity contribution in [3.8, 4) is 12.3 Å². The van der Waals surface area contributed by atoms with Crippen LogP contribution >= 0.6 is 0 Å². The Balaban J connectivity index is 2.86. The van der Waals surface area contributed by atoms with Crippen LogP contribution in [0.2, 0.25) is 0 Å². The van der Waals surface area contributed by atoms with Gasteiger partial charge in [-0.05, 0) is 18.2 Å². The number of furan rings is 1. The van der Waals surface area contributed by atoms with Crippen LogP contribution < -0.4 is 0 Å². The van der Waals surface area contributed by atoms with E-state index in [4.69, 9.17) is 10.8 Å². The van der Waals surface area contributed by atoms with Crippen LogP contribution in [0.1, 0.15) is 5.76 Å². The molecule has 0 aliphatic heterocycles. The Labute approximate surface area is 68.6 Å². The van der Waals surface area contributed by atoms with Gasteiger partial charge in [0, 0.05) is 0 Å². The Morgan fingerprint density at radius 1 is 1.67 bits per heavy atom. The molecule has 0 bridgehead atoms. The third-order valence-electron chi connectivity index (χ3n) is 1.14. The molecule has 12 heavy (non-hydrogen) atoms. The highest BCUT2D eigenvalue weighted by molar-refractivity contribution is 5.48. The van der Waals surface area contributed by atoms with Crippen LogP contribution in [0.15, 0.2) is 22.6 Å². The summed E-state index contributed by atoms with van der Waals surface area (Å²) in [7, 11) is 0. The van der Waals surface area contributed by atoms with Gasteiger partial charge in [-0.25, -0.2) is 0 Å². The molecule has 0 fully saturated rings. The minimum atomic E-state index is -0.604. The van der Waals surface area contributed by atoms with Crippen molar-refractivity contribution in [2.45, 2.75) is 0 Å². The van der Waals surface area contributed by atoms with Gasteiger partial charge in [0.2, 0.25) is 0 Å². The quantitative estimate of drug-likeness (QED) is 0.379. The molecule has 0 aliphatic rings. The zero-order valence-corrected chi connectivity index (χ0v) is 6.06. The monoisotopic (exact) mass is 163 g/mol. The summed E-state index contributed by atoms with van der Waals surface area (Å²) in [6, 6.07) is 2.75. The molecule has 0 aliphatic carbocycles. The first-order valence-corrected chi connectivity index (χ1v) is 3.11. The van der Waals surface area contributed by atoms with Crippen LogP contribution in [0.25, 0.3) is 6.08 Å². The maximum atomic E-state index is 10.1. The van der Waals surface area contributed by atoms with E-state index < -0.39 is 4.92 Å². The summed E-state index contributed by atoms with van der Waals surface area (Å²) in [5, 5.41) is 10.1. The highest BCUT2D eigenvalue weighted by Crippen LogP contribution is 2.16. The summed E-state index contributed by atoms with van der Waals surface area (Å²) in [5.41, 5.74) is 0. The van der Waals surface area contributed by atoms with Crippen molar-refractivity contribution in [1.29, 1.82) is 0 Å². The van der Waals surface area contributed by atoms with Crippen LogP contribution in [0, 0.1) is 22.5 Å². The molecule has 1 aromatic rings. The second-order valence-electron chi connectivity index (χ2n) is 1.93. The molecule has 0 saturated heterocycles. The Bertz CT molecular complexity index is 357. The maximum absolute atomic E-state index is 10.1. The number of nitrogens with zero attached hydrogens (tertiary/aromatic N) is 1. The SMILES string of the molecule is C#C/C=C\c1ccc([N+](=O)[O-])o1. The van der Waals surface area contributed by atoms with Gasteiger partial charge >= 0.3 is 5.88 Å². The molecular formula is C8H5NO3. The van der Waals surface area contributed by atoms with E-state index in [-0.39, 0.29) is 5.88 Å². The van der Waals surface area contributed by atoms with E-state index in [1.807, 2.05) is 0 Å². The van der Waals surface area contributed by atoms with Crippen molar-refractivity contribution in [3.63, 3.8) is 0 Å². The summed E-state index contributed by atoms with van der Waals surface area (Å²) >= 11 is 0. The van der Waals surface area contributed by atoms with Crippen molar-refractivity contribution < 1.29 is 9.34 Å². The summed E-state index contributed by atoms with van der Waals surface area (Å²) in [6.45, 7) is 0. The average Bonchev–Trinajstić information content (AvgIpc) is 2.48. The predicted molar refractivity (Wildman–Crippen MR) is 43.2 cm³/mol. The van der Waals surface area contributed by atoms with Crippen LogP contribution in [0.5, 0.6) is 0 Å². The Kier molecular flexibility index (Phi) is 2.29. The van der Waals surface area contributed by atoms with Crippen molar-refractivity contribution in [3.05, 3.63) is 34.1 Å². The smallest absolute Gasteiger partial charge is 0.401 e. The molecule has 1 rings (SSSR count). The van der Waals surface area contributed by atoms with Crippen LogP contribution in [0.4, 0.5) is 5.88 Å². The first kappa shape index (κ1) is 8.08. The number of rotatable bonds is 2. The predicted octanol–water partition coefficient (Wildman–Crippen LogP) is 1.83. The van der Waals surface area contributed by atoms with E-state index in [2.05, 4.69) is 5.92 Å². The fourth-order valence-corrected chi connectivity index (χ4v) is 0.660. The average molecular weight is 163 g/mol. The lowest BCUT2D eigenvalue weighted by molar-refractivity contribution is -0.402. The first-order valence-electron chi connectivity index (χ1n) is 3.11. The van der Waals surface area contributed by atoms with E-state index >= 15 is 0 Å². The lowest BCUT2D eigenvalue weighted by Crippen LogP contribution is -1.82. The van der Waals surface area contributed by atoms with Gasteiger partial charge in [0.05, 0.1) is 6.07 Å². The van der Waals surface area contributed by atoms with Gasteiger partial charge in [-0.1, -0.05) is 5.92 Å². The number of allylic oxidation sites excluding steroid dienone is 1. The summed E-state index contributed by atoms with van der Waals surface area (Å²) in [4.78, 5) is 9.53. The molecular weight excluding hydrogens is 158 g/mol. The van der Waals surface area contributed by atoms with Gasteiger partial charge in [-0.15, -0.1) is 6.42 Å². The van der Waals surface area contributed by atoms with Gasteiger partial charge in [0.25, 0.3) is 0 Å². The fraction of sp³-hybridized carbons (Fsp3) is 0. The fourth-order valence-electron chi connectivity index (χ4n) is 0.660. The molecule has 4 nitrogen and oxygen atoms in total. The molecule has 1 aromatic heterocycles. The minimum Gasteiger partial charge on any atom is -0.401 e. The zero-order chi connectivity index (χ0) is 8.97. The van der Waals surface area contributed by atoms with E-state index in [1.54, 1.807) is 0 Å². The molecule has 0 atom stereocenters. The topological polar surface area (TPSA) is 56.3 Å². The number of hydrogen-bond donors (Lipinski definition) is 0. The zero-order valence-electron chi connectivity index (χ0n) is 6.06. The Morgan fingerprint density at radius 2 is 2.42 bits per heavy atom. The lowest BCUT2D eigenvalue weighted by Gasteiger charge is -1.81. The largest absolute Gasteiger partial charge is 0.433 e. The van der Waals surface area contributed by atoms with Gasteiger partial charge < -0.3 is 4.42 Å². The second-order valence-corrected chi connectivity index (χ2v) is 1.93. The molecule has 60 valence electrons. The van der Waals surface area contributed by atoms with Crippen molar-refractivity contribution >= 4 is 12.0 Å². The van der Waals surface area contributed by atoms with Crippen molar-refractivity contribution in [2.75, 3.05) is 0 Å². The summed E-state index contributed by atoms with van der Waals surface area (Å²) in [6.07, 6.45) is 7.82. The third kappa shape index (κ3) is 1.73. The van der Waals surface area contributed by atoms with Crippen LogP contribution in [-0.2, 0) is 0 Å². The molecule has 0 unspecified atom stereocenters. The van der Waals surface area contributed by atoms with Gasteiger partial charge in [0.1, 0.15) is 10.7 Å². The van der Waals surface area contributed by atoms with Gasteiger partial charge in [0.15, 0.2) is 0 Å². The van der Waals surface area contributed by atoms with E-state index in [0.717, 1.165) is 0 Å². The van der Waals surface area contributed by atoms with E-state index in [0.29, 0.717) is 5.76 Å². The second kappa shape index (κ2) is 3.39. The Morgan fingerprint density at radius 3 is 2.92 bits per heavy atom. The molecule has 0 spiro atoms. The highest BCUT2D eigenvalue weighted by atomic mass is 16.6. The number of terminal acetylenes is 1. The molecule has 0 amide bonds. The van der Waals surface area contributed by atoms with E-state index in [9.17, 15) is 10.1 Å². The molecule has 0 saturated carbocycles. The number of hydrogen-bond acceptors (Lipinski definition) is 3. The van der Waals surface area contributed by atoms with E-state index in [1.165, 1.54) is 24.3 Å². The molecule has 0 aromatic carbocycles. The lowest BCUT2D eigenvalue weighted by atomic mass is 10.4. The van der Waals surface area contributed by atoms with Crippen LogP contribution in [-0.4, -0.2) is 4.92 Å². The maximum Gasteiger partial charge on any atom is 0.433 e. The molecule has 1 heterocycles. The van der Waals surface area contributed by atoms with Gasteiger partial charge in [-0.2, -0.15) is 0 Å². The Hall–Kier alpha value is -2.02. The molecule has 0 N–H and O–H groups in total. The first-order chi connectivity index (χ1) is 5.74. The third-order valence-corrected chi connectivity index (χ3v) is 1.14.